The maximum Gasteiger partial charge on any atom is 0.254 e. The average Bonchev–Trinajstić information content (AvgIpc) is 2.89. The first-order valence-corrected chi connectivity index (χ1v) is 7.37. The van der Waals surface area contributed by atoms with Gasteiger partial charge in [-0.3, -0.25) is 4.79 Å². The summed E-state index contributed by atoms with van der Waals surface area (Å²) < 4.78 is 6.31. The van der Waals surface area contributed by atoms with Crippen LogP contribution >= 0.6 is 15.9 Å². The van der Waals surface area contributed by atoms with Crippen molar-refractivity contribution in [1.29, 1.82) is 0 Å². The van der Waals surface area contributed by atoms with Crippen LogP contribution in [0, 0.1) is 0 Å². The van der Waals surface area contributed by atoms with Crippen LogP contribution in [0.2, 0.25) is 0 Å². The molecular formula is C14H16BrNO3. The predicted molar refractivity (Wildman–Crippen MR) is 74.2 cm³/mol. The van der Waals surface area contributed by atoms with Crippen molar-refractivity contribution in [1.82, 2.24) is 4.90 Å². The zero-order valence-electron chi connectivity index (χ0n) is 10.5. The number of fused-ring (bicyclic) bond motifs is 1. The molecule has 19 heavy (non-hydrogen) atoms. The van der Waals surface area contributed by atoms with Gasteiger partial charge >= 0.3 is 0 Å². The van der Waals surface area contributed by atoms with Crippen LogP contribution in [-0.2, 0) is 4.74 Å². The molecule has 1 aliphatic heterocycles. The van der Waals surface area contributed by atoms with E-state index in [1.807, 2.05) is 4.90 Å². The minimum atomic E-state index is -0.0111. The fourth-order valence-corrected chi connectivity index (χ4v) is 3.24. The molecule has 1 aromatic rings. The van der Waals surface area contributed by atoms with Crippen LogP contribution in [0.15, 0.2) is 22.7 Å². The Hall–Kier alpha value is -1.07. The summed E-state index contributed by atoms with van der Waals surface area (Å²) in [7, 11) is 0. The van der Waals surface area contributed by atoms with Gasteiger partial charge in [-0.25, -0.2) is 0 Å². The molecule has 0 aromatic heterocycles. The number of benzene rings is 1. The van der Waals surface area contributed by atoms with Gasteiger partial charge in [-0.1, -0.05) is 0 Å². The first kappa shape index (κ1) is 12.9. The summed E-state index contributed by atoms with van der Waals surface area (Å²) in [6.07, 6.45) is 3.37. The molecule has 2 aliphatic rings. The van der Waals surface area contributed by atoms with Gasteiger partial charge in [0, 0.05) is 12.1 Å². The van der Waals surface area contributed by atoms with E-state index < -0.39 is 0 Å². The molecule has 1 saturated heterocycles. The SMILES string of the molecule is O=C(c1ccc(Br)c(O)c1)N1CCOC2CCCC21. The Morgan fingerprint density at radius 1 is 1.42 bits per heavy atom. The Morgan fingerprint density at radius 2 is 2.26 bits per heavy atom. The molecule has 4 nitrogen and oxygen atoms in total. The van der Waals surface area contributed by atoms with Crippen LogP contribution in [0.1, 0.15) is 29.6 Å². The Morgan fingerprint density at radius 3 is 3.05 bits per heavy atom. The minimum absolute atomic E-state index is 0.0111. The third-order valence-corrected chi connectivity index (χ3v) is 4.61. The molecule has 2 unspecified atom stereocenters. The van der Waals surface area contributed by atoms with Crippen LogP contribution in [0.25, 0.3) is 0 Å². The van der Waals surface area contributed by atoms with Gasteiger partial charge in [0.15, 0.2) is 0 Å². The number of nitrogens with zero attached hydrogens (tertiary/aromatic N) is 1. The maximum atomic E-state index is 12.5. The van der Waals surface area contributed by atoms with Crippen molar-refractivity contribution in [3.05, 3.63) is 28.2 Å². The van der Waals surface area contributed by atoms with E-state index in [-0.39, 0.29) is 23.8 Å². The lowest BCUT2D eigenvalue weighted by molar-refractivity contribution is -0.0445. The van der Waals surface area contributed by atoms with Gasteiger partial charge < -0.3 is 14.7 Å². The van der Waals surface area contributed by atoms with Gasteiger partial charge in [0.25, 0.3) is 5.91 Å². The number of hydrogen-bond acceptors (Lipinski definition) is 3. The fraction of sp³-hybridized carbons (Fsp3) is 0.500. The molecule has 1 N–H and O–H groups in total. The van der Waals surface area contributed by atoms with Crippen LogP contribution < -0.4 is 0 Å². The summed E-state index contributed by atoms with van der Waals surface area (Å²) in [5.41, 5.74) is 0.535. The van der Waals surface area contributed by atoms with Crippen LogP contribution in [0.4, 0.5) is 0 Å². The summed E-state index contributed by atoms with van der Waals surface area (Å²) in [4.78, 5) is 14.5. The van der Waals surface area contributed by atoms with Crippen LogP contribution in [0.5, 0.6) is 5.75 Å². The third-order valence-electron chi connectivity index (χ3n) is 3.94. The smallest absolute Gasteiger partial charge is 0.254 e. The second kappa shape index (κ2) is 5.13. The van der Waals surface area contributed by atoms with Crippen molar-refractivity contribution in [3.8, 4) is 5.75 Å². The fourth-order valence-electron chi connectivity index (χ4n) is 2.99. The Bertz CT molecular complexity index is 505. The number of rotatable bonds is 1. The highest BCUT2D eigenvalue weighted by Crippen LogP contribution is 2.31. The molecule has 0 bridgehead atoms. The summed E-state index contributed by atoms with van der Waals surface area (Å²) in [6, 6.07) is 5.17. The normalized spacial score (nSPS) is 26.3. The molecular weight excluding hydrogens is 310 g/mol. The van der Waals surface area contributed by atoms with E-state index in [2.05, 4.69) is 15.9 Å². The van der Waals surface area contributed by atoms with E-state index in [9.17, 15) is 9.90 Å². The average molecular weight is 326 g/mol. The second-order valence-electron chi connectivity index (χ2n) is 5.07. The Balaban J connectivity index is 1.84. The highest BCUT2D eigenvalue weighted by molar-refractivity contribution is 9.10. The molecule has 1 aromatic carbocycles. The topological polar surface area (TPSA) is 49.8 Å². The predicted octanol–water partition coefficient (Wildman–Crippen LogP) is 2.55. The van der Waals surface area contributed by atoms with E-state index in [1.165, 1.54) is 6.07 Å². The summed E-state index contributed by atoms with van der Waals surface area (Å²) in [5.74, 6) is 0.0880. The standard InChI is InChI=1S/C14H16BrNO3/c15-10-5-4-9(8-12(10)17)14(18)16-6-7-19-13-3-1-2-11(13)16/h4-5,8,11,13,17H,1-3,6-7H2. The number of hydrogen-bond donors (Lipinski definition) is 1. The Kier molecular flexibility index (Phi) is 3.50. The van der Waals surface area contributed by atoms with Crippen LogP contribution in [-0.4, -0.2) is 41.2 Å². The molecule has 0 radical (unpaired) electrons. The molecule has 1 saturated carbocycles. The van der Waals surface area contributed by atoms with Gasteiger partial charge in [0.05, 0.1) is 23.2 Å². The number of morpholine rings is 1. The maximum absolute atomic E-state index is 12.5. The third kappa shape index (κ3) is 2.37. The Labute approximate surface area is 120 Å². The molecule has 102 valence electrons. The van der Waals surface area contributed by atoms with E-state index >= 15 is 0 Å². The van der Waals surface area contributed by atoms with E-state index in [4.69, 9.17) is 4.74 Å². The molecule has 1 aliphatic carbocycles. The monoisotopic (exact) mass is 325 g/mol. The van der Waals surface area contributed by atoms with Gasteiger partial charge in [0.1, 0.15) is 5.75 Å². The second-order valence-corrected chi connectivity index (χ2v) is 5.93. The van der Waals surface area contributed by atoms with Crippen molar-refractivity contribution in [3.63, 3.8) is 0 Å². The van der Waals surface area contributed by atoms with E-state index in [0.29, 0.717) is 23.2 Å². The molecule has 1 amide bonds. The zero-order chi connectivity index (χ0) is 13.4. The summed E-state index contributed by atoms with van der Waals surface area (Å²) in [6.45, 7) is 1.24. The molecule has 5 heteroatoms. The lowest BCUT2D eigenvalue weighted by atomic mass is 10.1. The molecule has 0 spiro atoms. The number of ether oxygens (including phenoxy) is 1. The van der Waals surface area contributed by atoms with Gasteiger partial charge in [-0.2, -0.15) is 0 Å². The number of halogens is 1. The van der Waals surface area contributed by atoms with E-state index in [1.54, 1.807) is 12.1 Å². The number of carbonyl (C=O) groups excluding carboxylic acids is 1. The highest BCUT2D eigenvalue weighted by atomic mass is 79.9. The number of carbonyl (C=O) groups is 1. The quantitative estimate of drug-likeness (QED) is 0.863. The lowest BCUT2D eigenvalue weighted by Crippen LogP contribution is -2.51. The van der Waals surface area contributed by atoms with E-state index in [0.717, 1.165) is 19.3 Å². The number of amides is 1. The number of phenols is 1. The van der Waals surface area contributed by atoms with Gasteiger partial charge in [-0.05, 0) is 53.4 Å². The lowest BCUT2D eigenvalue weighted by Gasteiger charge is -2.37. The largest absolute Gasteiger partial charge is 0.507 e. The van der Waals surface area contributed by atoms with Crippen molar-refractivity contribution >= 4 is 21.8 Å². The summed E-state index contributed by atoms with van der Waals surface area (Å²) in [5, 5.41) is 9.69. The number of phenolic OH excluding ortho intramolecular Hbond substituents is 1. The van der Waals surface area contributed by atoms with Gasteiger partial charge in [0.2, 0.25) is 0 Å². The highest BCUT2D eigenvalue weighted by Gasteiger charge is 2.38. The molecule has 3 rings (SSSR count). The van der Waals surface area contributed by atoms with Gasteiger partial charge in [-0.15, -0.1) is 0 Å². The van der Waals surface area contributed by atoms with Crippen molar-refractivity contribution in [2.75, 3.05) is 13.2 Å². The van der Waals surface area contributed by atoms with Crippen molar-refractivity contribution in [2.24, 2.45) is 0 Å². The molecule has 1 heterocycles. The molecule has 2 atom stereocenters. The van der Waals surface area contributed by atoms with Crippen LogP contribution in [0.3, 0.4) is 0 Å². The molecule has 2 fully saturated rings. The van der Waals surface area contributed by atoms with Crippen molar-refractivity contribution < 1.29 is 14.6 Å². The minimum Gasteiger partial charge on any atom is -0.507 e. The van der Waals surface area contributed by atoms with Crippen molar-refractivity contribution in [2.45, 2.75) is 31.4 Å². The first-order valence-electron chi connectivity index (χ1n) is 6.58. The zero-order valence-corrected chi connectivity index (χ0v) is 12.1. The number of aromatic hydroxyl groups is 1. The summed E-state index contributed by atoms with van der Waals surface area (Å²) >= 11 is 3.22. The first-order chi connectivity index (χ1) is 9.16.